The third kappa shape index (κ3) is 4.20. The topological polar surface area (TPSA) is 55.2 Å². The molecule has 2 rings (SSSR count). The van der Waals surface area contributed by atoms with E-state index in [-0.39, 0.29) is 28.8 Å². The van der Waals surface area contributed by atoms with Crippen molar-refractivity contribution in [3.63, 3.8) is 0 Å². The summed E-state index contributed by atoms with van der Waals surface area (Å²) >= 11 is 0. The van der Waals surface area contributed by atoms with Crippen molar-refractivity contribution in [2.45, 2.75) is 6.42 Å². The Labute approximate surface area is 122 Å². The van der Waals surface area contributed by atoms with Gasteiger partial charge in [-0.15, -0.1) is 12.4 Å². The number of halogens is 2. The summed E-state index contributed by atoms with van der Waals surface area (Å²) in [7, 11) is 0. The van der Waals surface area contributed by atoms with Gasteiger partial charge in [-0.05, 0) is 30.7 Å². The normalized spacial score (nSPS) is 9.65. The fourth-order valence-electron chi connectivity index (χ4n) is 1.81. The predicted octanol–water partition coefficient (Wildman–Crippen LogP) is 3.81. The maximum atomic E-state index is 12.7. The average molecular weight is 297 g/mol. The maximum absolute atomic E-state index is 12.7. The first kappa shape index (κ1) is 15.9. The first-order chi connectivity index (χ1) is 9.16. The number of nitrogens with one attached hydrogen (secondary N) is 1. The van der Waals surface area contributed by atoms with Crippen molar-refractivity contribution in [3.8, 4) is 0 Å². The van der Waals surface area contributed by atoms with E-state index in [9.17, 15) is 14.5 Å². The lowest BCUT2D eigenvalue weighted by Gasteiger charge is -2.06. The second kappa shape index (κ2) is 7.45. The number of nitro benzene ring substituents is 1. The number of para-hydroxylation sites is 1. The van der Waals surface area contributed by atoms with Crippen molar-refractivity contribution in [3.05, 3.63) is 70.0 Å². The van der Waals surface area contributed by atoms with Crippen molar-refractivity contribution in [2.24, 2.45) is 0 Å². The average Bonchev–Trinajstić information content (AvgIpc) is 2.41. The van der Waals surface area contributed by atoms with Gasteiger partial charge in [-0.3, -0.25) is 10.1 Å². The largest absolute Gasteiger partial charge is 0.385 e. The number of nitro groups is 1. The Morgan fingerprint density at radius 2 is 1.75 bits per heavy atom. The zero-order valence-electron chi connectivity index (χ0n) is 10.6. The minimum Gasteiger partial charge on any atom is -0.385 e. The minimum absolute atomic E-state index is 0. The van der Waals surface area contributed by atoms with Crippen LogP contribution in [0.3, 0.4) is 0 Å². The van der Waals surface area contributed by atoms with E-state index in [1.54, 1.807) is 30.3 Å². The van der Waals surface area contributed by atoms with Crippen LogP contribution in [0.4, 0.5) is 15.8 Å². The molecule has 2 aromatic carbocycles. The zero-order valence-corrected chi connectivity index (χ0v) is 11.4. The van der Waals surface area contributed by atoms with Crippen LogP contribution in [0, 0.1) is 15.9 Å². The fourth-order valence-corrected chi connectivity index (χ4v) is 1.81. The molecule has 0 fully saturated rings. The molecule has 0 heterocycles. The smallest absolute Gasteiger partial charge is 0.272 e. The van der Waals surface area contributed by atoms with E-state index in [2.05, 4.69) is 5.32 Å². The molecule has 0 spiro atoms. The van der Waals surface area contributed by atoms with Crippen molar-refractivity contribution < 1.29 is 9.31 Å². The molecule has 106 valence electrons. The van der Waals surface area contributed by atoms with E-state index in [0.717, 1.165) is 5.69 Å². The van der Waals surface area contributed by atoms with Crippen molar-refractivity contribution in [1.82, 2.24) is 0 Å². The molecule has 0 atom stereocenters. The highest BCUT2D eigenvalue weighted by molar-refractivity contribution is 5.85. The molecule has 0 amide bonds. The third-order valence-electron chi connectivity index (χ3n) is 2.76. The van der Waals surface area contributed by atoms with Crippen LogP contribution in [0.1, 0.15) is 5.56 Å². The van der Waals surface area contributed by atoms with E-state index >= 15 is 0 Å². The van der Waals surface area contributed by atoms with Gasteiger partial charge in [0.2, 0.25) is 0 Å². The van der Waals surface area contributed by atoms with Gasteiger partial charge in [-0.2, -0.15) is 0 Å². The molecule has 0 aliphatic heterocycles. The Morgan fingerprint density at radius 3 is 2.40 bits per heavy atom. The number of nitrogens with zero attached hydrogens (tertiary/aromatic N) is 1. The van der Waals surface area contributed by atoms with Gasteiger partial charge in [0.1, 0.15) is 5.82 Å². The molecule has 0 radical (unpaired) electrons. The predicted molar refractivity (Wildman–Crippen MR) is 78.9 cm³/mol. The molecule has 0 saturated heterocycles. The van der Waals surface area contributed by atoms with Crippen LogP contribution >= 0.6 is 12.4 Å². The first-order valence-corrected chi connectivity index (χ1v) is 5.88. The van der Waals surface area contributed by atoms with Gasteiger partial charge in [0.25, 0.3) is 5.69 Å². The maximum Gasteiger partial charge on any atom is 0.272 e. The lowest BCUT2D eigenvalue weighted by molar-refractivity contribution is -0.385. The Bertz CT molecular complexity index is 576. The standard InChI is InChI=1S/C14H13FN2O2.ClH/c15-12-5-7-13(8-6-12)16-10-9-11-3-1-2-4-14(11)17(18)19;/h1-8,16H,9-10H2;1H. The van der Waals surface area contributed by atoms with E-state index in [1.807, 2.05) is 0 Å². The van der Waals surface area contributed by atoms with Crippen LogP contribution in [0.15, 0.2) is 48.5 Å². The van der Waals surface area contributed by atoms with Crippen LogP contribution in [-0.2, 0) is 6.42 Å². The highest BCUT2D eigenvalue weighted by Crippen LogP contribution is 2.18. The van der Waals surface area contributed by atoms with Gasteiger partial charge in [-0.25, -0.2) is 4.39 Å². The molecular weight excluding hydrogens is 283 g/mol. The summed E-state index contributed by atoms with van der Waals surface area (Å²) in [5.74, 6) is -0.288. The van der Waals surface area contributed by atoms with Gasteiger partial charge in [0.05, 0.1) is 4.92 Å². The Kier molecular flexibility index (Phi) is 5.93. The van der Waals surface area contributed by atoms with Gasteiger partial charge >= 0.3 is 0 Å². The molecule has 6 heteroatoms. The molecule has 0 bridgehead atoms. The van der Waals surface area contributed by atoms with Gasteiger partial charge in [0.15, 0.2) is 0 Å². The van der Waals surface area contributed by atoms with E-state index in [4.69, 9.17) is 0 Å². The van der Waals surface area contributed by atoms with Crippen LogP contribution in [-0.4, -0.2) is 11.5 Å². The summed E-state index contributed by atoms with van der Waals surface area (Å²) < 4.78 is 12.7. The molecule has 0 aliphatic carbocycles. The molecule has 2 aromatic rings. The zero-order chi connectivity index (χ0) is 13.7. The molecule has 0 aromatic heterocycles. The number of hydrogen-bond acceptors (Lipinski definition) is 3. The molecule has 0 unspecified atom stereocenters. The van der Waals surface area contributed by atoms with Gasteiger partial charge in [0, 0.05) is 23.9 Å². The van der Waals surface area contributed by atoms with Crippen molar-refractivity contribution >= 4 is 23.8 Å². The highest BCUT2D eigenvalue weighted by atomic mass is 35.5. The second-order valence-electron chi connectivity index (χ2n) is 4.07. The molecular formula is C14H14ClFN2O2. The lowest BCUT2D eigenvalue weighted by atomic mass is 10.1. The summed E-state index contributed by atoms with van der Waals surface area (Å²) in [5, 5.41) is 13.9. The summed E-state index contributed by atoms with van der Waals surface area (Å²) in [6.45, 7) is 0.552. The SMILES string of the molecule is Cl.O=[N+]([O-])c1ccccc1CCNc1ccc(F)cc1. The van der Waals surface area contributed by atoms with Crippen LogP contribution in [0.2, 0.25) is 0 Å². The minimum atomic E-state index is -0.382. The Hall–Kier alpha value is -2.14. The quantitative estimate of drug-likeness (QED) is 0.674. The monoisotopic (exact) mass is 296 g/mol. The first-order valence-electron chi connectivity index (χ1n) is 5.88. The van der Waals surface area contributed by atoms with Crippen LogP contribution in [0.5, 0.6) is 0 Å². The molecule has 0 aliphatic rings. The van der Waals surface area contributed by atoms with Gasteiger partial charge in [-0.1, -0.05) is 18.2 Å². The van der Waals surface area contributed by atoms with E-state index < -0.39 is 0 Å². The molecule has 1 N–H and O–H groups in total. The summed E-state index contributed by atoms with van der Waals surface area (Å²) in [4.78, 5) is 10.5. The summed E-state index contributed by atoms with van der Waals surface area (Å²) in [6, 6.07) is 12.7. The third-order valence-corrected chi connectivity index (χ3v) is 2.76. The number of hydrogen-bond donors (Lipinski definition) is 1. The van der Waals surface area contributed by atoms with Crippen LogP contribution in [0.25, 0.3) is 0 Å². The Morgan fingerprint density at radius 1 is 1.10 bits per heavy atom. The fraction of sp³-hybridized carbons (Fsp3) is 0.143. The second-order valence-corrected chi connectivity index (χ2v) is 4.07. The summed E-state index contributed by atoms with van der Waals surface area (Å²) in [6.07, 6.45) is 0.536. The summed E-state index contributed by atoms with van der Waals surface area (Å²) in [5.41, 5.74) is 1.60. The number of benzene rings is 2. The molecule has 0 saturated carbocycles. The number of rotatable bonds is 5. The van der Waals surface area contributed by atoms with Crippen molar-refractivity contribution in [2.75, 3.05) is 11.9 Å². The van der Waals surface area contributed by atoms with Crippen molar-refractivity contribution in [1.29, 1.82) is 0 Å². The lowest BCUT2D eigenvalue weighted by Crippen LogP contribution is -2.06. The Balaban J connectivity index is 0.00000200. The van der Waals surface area contributed by atoms with E-state index in [1.165, 1.54) is 18.2 Å². The molecule has 4 nitrogen and oxygen atoms in total. The highest BCUT2D eigenvalue weighted by Gasteiger charge is 2.11. The van der Waals surface area contributed by atoms with Gasteiger partial charge < -0.3 is 5.32 Å². The van der Waals surface area contributed by atoms with E-state index in [0.29, 0.717) is 18.5 Å². The number of anilines is 1. The molecule has 20 heavy (non-hydrogen) atoms. The van der Waals surface area contributed by atoms with Crippen LogP contribution < -0.4 is 5.32 Å².